The highest BCUT2D eigenvalue weighted by molar-refractivity contribution is 7.16. The summed E-state index contributed by atoms with van der Waals surface area (Å²) in [5.41, 5.74) is 4.35. The first-order valence-corrected chi connectivity index (χ1v) is 17.0. The lowest BCUT2D eigenvalue weighted by Crippen LogP contribution is -2.34. The zero-order valence-electron chi connectivity index (χ0n) is 27.8. The number of hydrogen-bond acceptors (Lipinski definition) is 7. The van der Waals surface area contributed by atoms with Crippen LogP contribution in [0.1, 0.15) is 76.3 Å². The van der Waals surface area contributed by atoms with Crippen molar-refractivity contribution >= 4 is 40.1 Å². The molecule has 46 heavy (non-hydrogen) atoms. The van der Waals surface area contributed by atoms with E-state index in [0.29, 0.717) is 18.3 Å². The van der Waals surface area contributed by atoms with Crippen LogP contribution in [0.2, 0.25) is 0 Å². The van der Waals surface area contributed by atoms with E-state index in [0.717, 1.165) is 71.8 Å². The van der Waals surface area contributed by atoms with E-state index < -0.39 is 11.7 Å². The summed E-state index contributed by atoms with van der Waals surface area (Å²) in [6.45, 7) is 13.6. The molecule has 1 aliphatic heterocycles. The van der Waals surface area contributed by atoms with Gasteiger partial charge in [-0.15, -0.1) is 11.3 Å². The van der Waals surface area contributed by atoms with Crippen LogP contribution in [0.4, 0.5) is 15.6 Å². The summed E-state index contributed by atoms with van der Waals surface area (Å²) in [6.07, 6.45) is 4.26. The summed E-state index contributed by atoms with van der Waals surface area (Å²) in [4.78, 5) is 45.3. The molecule has 3 amide bonds. The Kier molecular flexibility index (Phi) is 10.1. The number of nitrogens with one attached hydrogen (secondary N) is 2. The molecule has 2 heterocycles. The second kappa shape index (κ2) is 13.8. The standard InChI is InChI=1S/C36H46N4O5S/c1-23-31(27-12-13-29-26(22-27)14-18-40(29)32(42)25-10-11-25)39-33(46-23)38-30(41)21-24-8-7-9-28(20-24)44-19-16-36(5,6)15-17-37-34(43)45-35(2,3)4/h7-9,12-13,20,22,25H,10-11,14-19,21H2,1-6H3,(H,37,43)(H,38,39,41). The number of amides is 3. The van der Waals surface area contributed by atoms with E-state index in [9.17, 15) is 14.4 Å². The van der Waals surface area contributed by atoms with Gasteiger partial charge in [-0.25, -0.2) is 9.78 Å². The molecule has 0 saturated heterocycles. The van der Waals surface area contributed by atoms with Crippen molar-refractivity contribution in [2.24, 2.45) is 11.3 Å². The van der Waals surface area contributed by atoms with Crippen LogP contribution in [0.25, 0.3) is 11.3 Å². The van der Waals surface area contributed by atoms with Crippen molar-refractivity contribution in [2.75, 3.05) is 29.9 Å². The number of ether oxygens (including phenoxy) is 2. The average Bonchev–Trinajstić information content (AvgIpc) is 3.63. The summed E-state index contributed by atoms with van der Waals surface area (Å²) in [7, 11) is 0. The summed E-state index contributed by atoms with van der Waals surface area (Å²) in [6, 6.07) is 13.8. The maximum atomic E-state index is 13.0. The quantitative estimate of drug-likeness (QED) is 0.214. The van der Waals surface area contributed by atoms with Crippen LogP contribution in [0.15, 0.2) is 42.5 Å². The largest absolute Gasteiger partial charge is 0.494 e. The molecular weight excluding hydrogens is 600 g/mol. The summed E-state index contributed by atoms with van der Waals surface area (Å²) >= 11 is 1.46. The maximum Gasteiger partial charge on any atom is 0.407 e. The number of carbonyl (C=O) groups excluding carboxylic acids is 3. The molecule has 1 fully saturated rings. The third-order valence-corrected chi connectivity index (χ3v) is 9.15. The van der Waals surface area contributed by atoms with Gasteiger partial charge in [0.05, 0.1) is 18.7 Å². The molecule has 3 aromatic rings. The van der Waals surface area contributed by atoms with Crippen LogP contribution in [-0.2, 0) is 27.2 Å². The third kappa shape index (κ3) is 9.09. The first-order chi connectivity index (χ1) is 21.8. The van der Waals surface area contributed by atoms with Crippen LogP contribution >= 0.6 is 11.3 Å². The fourth-order valence-corrected chi connectivity index (χ4v) is 6.38. The molecule has 9 nitrogen and oxygen atoms in total. The normalized spacial score (nSPS) is 14.5. The van der Waals surface area contributed by atoms with Crippen LogP contribution in [0, 0.1) is 18.3 Å². The van der Waals surface area contributed by atoms with Gasteiger partial charge in [0, 0.05) is 35.1 Å². The predicted molar refractivity (Wildman–Crippen MR) is 183 cm³/mol. The molecule has 0 atom stereocenters. The third-order valence-electron chi connectivity index (χ3n) is 8.26. The number of thiazole rings is 1. The Morgan fingerprint density at radius 1 is 1.04 bits per heavy atom. The van der Waals surface area contributed by atoms with E-state index in [2.05, 4.69) is 30.5 Å². The molecule has 2 aliphatic rings. The zero-order valence-corrected chi connectivity index (χ0v) is 28.6. The minimum absolute atomic E-state index is 0.0353. The van der Waals surface area contributed by atoms with E-state index in [1.54, 1.807) is 0 Å². The van der Waals surface area contributed by atoms with Crippen LogP contribution in [0.5, 0.6) is 5.75 Å². The highest BCUT2D eigenvalue weighted by Crippen LogP contribution is 2.39. The number of benzene rings is 2. The van der Waals surface area contributed by atoms with Gasteiger partial charge in [-0.2, -0.15) is 0 Å². The van der Waals surface area contributed by atoms with Gasteiger partial charge >= 0.3 is 6.09 Å². The minimum Gasteiger partial charge on any atom is -0.494 e. The highest BCUT2D eigenvalue weighted by Gasteiger charge is 2.36. The summed E-state index contributed by atoms with van der Waals surface area (Å²) in [5, 5.41) is 6.36. The van der Waals surface area contributed by atoms with Crippen LogP contribution in [-0.4, -0.2) is 48.2 Å². The van der Waals surface area contributed by atoms with Crippen molar-refractivity contribution in [3.05, 3.63) is 58.5 Å². The SMILES string of the molecule is Cc1sc(NC(=O)Cc2cccc(OCCC(C)(C)CCNC(=O)OC(C)(C)C)c2)nc1-c1ccc2c(c1)CCN2C(=O)C1CC1. The Balaban J connectivity index is 1.10. The number of anilines is 2. The Hall–Kier alpha value is -3.92. The van der Waals surface area contributed by atoms with Crippen molar-refractivity contribution in [2.45, 2.75) is 85.7 Å². The lowest BCUT2D eigenvalue weighted by atomic mass is 9.86. The summed E-state index contributed by atoms with van der Waals surface area (Å²) < 4.78 is 11.3. The number of aromatic nitrogens is 1. The Labute approximate surface area is 276 Å². The van der Waals surface area contributed by atoms with Crippen LogP contribution < -0.4 is 20.3 Å². The molecule has 0 bridgehead atoms. The van der Waals surface area contributed by atoms with Crippen molar-refractivity contribution < 1.29 is 23.9 Å². The van der Waals surface area contributed by atoms with Crippen molar-refractivity contribution in [1.29, 1.82) is 0 Å². The van der Waals surface area contributed by atoms with Gasteiger partial charge in [-0.1, -0.05) is 32.0 Å². The summed E-state index contributed by atoms with van der Waals surface area (Å²) in [5.74, 6) is 1.04. The van der Waals surface area contributed by atoms with Crippen molar-refractivity contribution in [3.8, 4) is 17.0 Å². The zero-order chi connectivity index (χ0) is 33.1. The topological polar surface area (TPSA) is 110 Å². The first-order valence-electron chi connectivity index (χ1n) is 16.2. The molecule has 2 aromatic carbocycles. The van der Waals surface area contributed by atoms with E-state index in [-0.39, 0.29) is 29.6 Å². The molecule has 0 radical (unpaired) electrons. The first kappa shape index (κ1) is 33.4. The van der Waals surface area contributed by atoms with Gasteiger partial charge in [-0.3, -0.25) is 9.59 Å². The van der Waals surface area contributed by atoms with E-state index in [4.69, 9.17) is 14.5 Å². The molecule has 5 rings (SSSR count). The van der Waals surface area contributed by atoms with E-state index in [1.807, 2.05) is 69.0 Å². The molecule has 246 valence electrons. The Bertz CT molecular complexity index is 1590. The van der Waals surface area contributed by atoms with E-state index in [1.165, 1.54) is 16.9 Å². The van der Waals surface area contributed by atoms with Crippen molar-refractivity contribution in [1.82, 2.24) is 10.3 Å². The molecule has 1 aromatic heterocycles. The number of carbonyl (C=O) groups is 3. The minimum atomic E-state index is -0.516. The van der Waals surface area contributed by atoms with Gasteiger partial charge in [0.25, 0.3) is 0 Å². The fourth-order valence-electron chi connectivity index (χ4n) is 5.53. The van der Waals surface area contributed by atoms with Gasteiger partial charge in [0.2, 0.25) is 11.8 Å². The number of hydrogen-bond donors (Lipinski definition) is 2. The Morgan fingerprint density at radius 2 is 1.83 bits per heavy atom. The number of aryl methyl sites for hydroxylation is 1. The van der Waals surface area contributed by atoms with E-state index >= 15 is 0 Å². The lowest BCUT2D eigenvalue weighted by molar-refractivity contribution is -0.119. The number of fused-ring (bicyclic) bond motifs is 1. The van der Waals surface area contributed by atoms with Gasteiger partial charge in [-0.05, 0) is 101 Å². The van der Waals surface area contributed by atoms with Gasteiger partial charge in [0.15, 0.2) is 5.13 Å². The fraction of sp³-hybridized carbons (Fsp3) is 0.500. The average molecular weight is 647 g/mol. The molecule has 10 heteroatoms. The number of nitrogens with zero attached hydrogens (tertiary/aromatic N) is 2. The second-order valence-electron chi connectivity index (χ2n) is 14.1. The lowest BCUT2D eigenvalue weighted by Gasteiger charge is -2.25. The molecule has 2 N–H and O–H groups in total. The van der Waals surface area contributed by atoms with Gasteiger partial charge in [0.1, 0.15) is 11.4 Å². The second-order valence-corrected chi connectivity index (χ2v) is 15.3. The van der Waals surface area contributed by atoms with Crippen LogP contribution in [0.3, 0.4) is 0 Å². The highest BCUT2D eigenvalue weighted by atomic mass is 32.1. The predicted octanol–water partition coefficient (Wildman–Crippen LogP) is 7.31. The number of rotatable bonds is 12. The smallest absolute Gasteiger partial charge is 0.407 e. The molecule has 0 spiro atoms. The molecule has 1 aliphatic carbocycles. The Morgan fingerprint density at radius 3 is 2.57 bits per heavy atom. The number of alkyl carbamates (subject to hydrolysis) is 1. The van der Waals surface area contributed by atoms with Gasteiger partial charge < -0.3 is 25.0 Å². The molecule has 0 unspecified atom stereocenters. The van der Waals surface area contributed by atoms with Crippen molar-refractivity contribution in [3.63, 3.8) is 0 Å². The molecule has 1 saturated carbocycles. The molecular formula is C36H46N4O5S. The monoisotopic (exact) mass is 646 g/mol. The maximum absolute atomic E-state index is 13.0.